The van der Waals surface area contributed by atoms with Gasteiger partial charge in [-0.05, 0) is 27.2 Å². The van der Waals surface area contributed by atoms with Crippen molar-refractivity contribution in [1.82, 2.24) is 20.8 Å². The second-order valence-electron chi connectivity index (χ2n) is 5.62. The number of ether oxygens (including phenoxy) is 1. The quantitative estimate of drug-likeness (QED) is 0.257. The van der Waals surface area contributed by atoms with E-state index in [1.54, 1.807) is 20.9 Å². The Morgan fingerprint density at radius 1 is 1.44 bits per heavy atom. The summed E-state index contributed by atoms with van der Waals surface area (Å²) in [5, 5.41) is 11.2. The van der Waals surface area contributed by atoms with E-state index in [9.17, 15) is 4.79 Å². The second-order valence-corrected chi connectivity index (χ2v) is 6.65. The van der Waals surface area contributed by atoms with Crippen LogP contribution in [0, 0.1) is 6.92 Å². The van der Waals surface area contributed by atoms with Crippen molar-refractivity contribution < 1.29 is 14.1 Å². The minimum absolute atomic E-state index is 0. The van der Waals surface area contributed by atoms with E-state index in [1.165, 1.54) is 11.3 Å². The molecule has 0 amide bonds. The van der Waals surface area contributed by atoms with E-state index >= 15 is 0 Å². The molecule has 10 heteroatoms. The van der Waals surface area contributed by atoms with Gasteiger partial charge in [0.05, 0.1) is 30.6 Å². The molecule has 8 nitrogen and oxygen atoms in total. The first-order valence-corrected chi connectivity index (χ1v) is 9.36. The summed E-state index contributed by atoms with van der Waals surface area (Å²) in [5.41, 5.74) is 1.59. The Bertz CT molecular complexity index is 774. The van der Waals surface area contributed by atoms with E-state index in [4.69, 9.17) is 9.26 Å². The molecule has 1 atom stereocenters. The van der Waals surface area contributed by atoms with Crippen molar-refractivity contribution in [2.75, 3.05) is 13.7 Å². The summed E-state index contributed by atoms with van der Waals surface area (Å²) in [6.45, 7) is 8.40. The van der Waals surface area contributed by atoms with Crippen LogP contribution in [-0.2, 0) is 17.7 Å². The van der Waals surface area contributed by atoms with E-state index in [2.05, 4.69) is 25.8 Å². The number of aryl methyl sites for hydroxylation is 2. The van der Waals surface area contributed by atoms with Gasteiger partial charge >= 0.3 is 5.97 Å². The number of nitrogens with zero attached hydrogens (tertiary/aromatic N) is 3. The van der Waals surface area contributed by atoms with Gasteiger partial charge in [-0.2, -0.15) is 0 Å². The van der Waals surface area contributed by atoms with Crippen LogP contribution < -0.4 is 10.6 Å². The number of carbonyl (C=O) groups excluding carboxylic acids is 1. The van der Waals surface area contributed by atoms with Crippen LogP contribution in [0.2, 0.25) is 0 Å². The number of esters is 1. The lowest BCUT2D eigenvalue weighted by Gasteiger charge is -2.15. The van der Waals surface area contributed by atoms with Crippen LogP contribution in [-0.4, -0.2) is 35.7 Å². The fourth-order valence-corrected chi connectivity index (χ4v) is 3.19. The zero-order valence-electron chi connectivity index (χ0n) is 16.2. The predicted molar refractivity (Wildman–Crippen MR) is 116 cm³/mol. The largest absolute Gasteiger partial charge is 0.462 e. The summed E-state index contributed by atoms with van der Waals surface area (Å²) in [7, 11) is 1.69. The summed E-state index contributed by atoms with van der Waals surface area (Å²) >= 11 is 1.33. The van der Waals surface area contributed by atoms with Crippen molar-refractivity contribution in [2.45, 2.75) is 46.7 Å². The van der Waals surface area contributed by atoms with E-state index in [0.29, 0.717) is 29.7 Å². The molecule has 2 rings (SSSR count). The van der Waals surface area contributed by atoms with Crippen molar-refractivity contribution in [1.29, 1.82) is 0 Å². The van der Waals surface area contributed by atoms with Gasteiger partial charge in [-0.25, -0.2) is 9.78 Å². The van der Waals surface area contributed by atoms with Crippen LogP contribution in [0.25, 0.3) is 0 Å². The van der Waals surface area contributed by atoms with E-state index in [1.807, 2.05) is 19.9 Å². The van der Waals surface area contributed by atoms with Crippen molar-refractivity contribution in [3.8, 4) is 0 Å². The number of rotatable bonds is 7. The molecule has 0 radical (unpaired) electrons. The van der Waals surface area contributed by atoms with Crippen LogP contribution in [0.15, 0.2) is 15.6 Å². The Morgan fingerprint density at radius 3 is 2.78 bits per heavy atom. The highest BCUT2D eigenvalue weighted by atomic mass is 127. The van der Waals surface area contributed by atoms with Crippen LogP contribution >= 0.6 is 35.3 Å². The maximum absolute atomic E-state index is 11.9. The van der Waals surface area contributed by atoms with Gasteiger partial charge in [-0.15, -0.1) is 35.3 Å². The molecule has 150 valence electrons. The number of guanidine groups is 1. The normalized spacial score (nSPS) is 12.3. The summed E-state index contributed by atoms with van der Waals surface area (Å²) in [4.78, 5) is 21.2. The van der Waals surface area contributed by atoms with Crippen LogP contribution in [0.4, 0.5) is 0 Å². The Hall–Kier alpha value is -1.69. The lowest BCUT2D eigenvalue weighted by molar-refractivity contribution is 0.0531. The molecule has 2 heterocycles. The van der Waals surface area contributed by atoms with Gasteiger partial charge in [0, 0.05) is 13.1 Å². The highest BCUT2D eigenvalue weighted by molar-refractivity contribution is 14.0. The molecule has 1 unspecified atom stereocenters. The molecule has 0 aromatic carbocycles. The van der Waals surface area contributed by atoms with Crippen LogP contribution in [0.3, 0.4) is 0 Å². The lowest BCUT2D eigenvalue weighted by Crippen LogP contribution is -2.38. The van der Waals surface area contributed by atoms with Gasteiger partial charge in [-0.3, -0.25) is 4.99 Å². The summed E-state index contributed by atoms with van der Waals surface area (Å²) in [5.74, 6) is 1.02. The van der Waals surface area contributed by atoms with Crippen LogP contribution in [0.1, 0.15) is 58.6 Å². The molecular formula is C17H26IN5O3S. The molecule has 27 heavy (non-hydrogen) atoms. The maximum atomic E-state index is 11.9. The molecule has 2 aromatic heterocycles. The fourth-order valence-electron chi connectivity index (χ4n) is 2.23. The van der Waals surface area contributed by atoms with E-state index in [0.717, 1.165) is 22.9 Å². The molecule has 0 fully saturated rings. The Labute approximate surface area is 180 Å². The molecular weight excluding hydrogens is 481 g/mol. The Morgan fingerprint density at radius 2 is 2.19 bits per heavy atom. The molecule has 2 aromatic rings. The summed E-state index contributed by atoms with van der Waals surface area (Å²) in [6.07, 6.45) is 0.833. The van der Waals surface area contributed by atoms with E-state index < -0.39 is 0 Å². The van der Waals surface area contributed by atoms with Gasteiger partial charge in [-0.1, -0.05) is 12.1 Å². The molecule has 0 saturated heterocycles. The topological polar surface area (TPSA) is 102 Å². The molecule has 0 saturated carbocycles. The standard InChI is InChI=1S/C17H25N5O3S.HI/c1-6-12-8-13(25-22-12)9-19-17(18-5)21-11(4)15-20-10(3)14(26-15)16(23)24-7-2;/h8,11H,6-7,9H2,1-5H3,(H2,18,19,21);1H. The Kier molecular flexibility index (Phi) is 9.70. The number of aliphatic imine (C=N–C) groups is 1. The zero-order valence-corrected chi connectivity index (χ0v) is 19.3. The fraction of sp³-hybridized carbons (Fsp3) is 0.529. The van der Waals surface area contributed by atoms with Crippen molar-refractivity contribution in [3.05, 3.63) is 33.1 Å². The SMILES string of the molecule is CCOC(=O)c1sc(C(C)NC(=NC)NCc2cc(CC)no2)nc1C.I. The molecule has 0 aliphatic rings. The smallest absolute Gasteiger partial charge is 0.350 e. The van der Waals surface area contributed by atoms with Gasteiger partial charge in [0.15, 0.2) is 11.7 Å². The highest BCUT2D eigenvalue weighted by Crippen LogP contribution is 2.24. The third-order valence-electron chi connectivity index (χ3n) is 3.62. The maximum Gasteiger partial charge on any atom is 0.350 e. The molecule has 0 spiro atoms. The third kappa shape index (κ3) is 6.45. The molecule has 0 aliphatic heterocycles. The number of carbonyl (C=O) groups is 1. The predicted octanol–water partition coefficient (Wildman–Crippen LogP) is 3.22. The number of nitrogens with one attached hydrogen (secondary N) is 2. The molecule has 0 aliphatic carbocycles. The average Bonchev–Trinajstić information content (AvgIpc) is 3.25. The van der Waals surface area contributed by atoms with Crippen LogP contribution in [0.5, 0.6) is 0 Å². The minimum atomic E-state index is -0.333. The number of halogens is 1. The second kappa shape index (κ2) is 11.2. The van der Waals surface area contributed by atoms with Crippen molar-refractivity contribution >= 4 is 47.2 Å². The van der Waals surface area contributed by atoms with Gasteiger partial charge in [0.25, 0.3) is 0 Å². The molecule has 2 N–H and O–H groups in total. The van der Waals surface area contributed by atoms with Gasteiger partial charge in [0.2, 0.25) is 0 Å². The molecule has 0 bridgehead atoms. The first kappa shape index (κ1) is 23.3. The van der Waals surface area contributed by atoms with Gasteiger partial charge < -0.3 is 19.9 Å². The van der Waals surface area contributed by atoms with E-state index in [-0.39, 0.29) is 36.0 Å². The van der Waals surface area contributed by atoms with Crippen molar-refractivity contribution in [2.24, 2.45) is 4.99 Å². The number of thiazole rings is 1. The zero-order chi connectivity index (χ0) is 19.1. The first-order valence-electron chi connectivity index (χ1n) is 8.54. The minimum Gasteiger partial charge on any atom is -0.462 e. The number of aromatic nitrogens is 2. The van der Waals surface area contributed by atoms with Gasteiger partial charge in [0.1, 0.15) is 9.88 Å². The first-order chi connectivity index (χ1) is 12.5. The summed E-state index contributed by atoms with van der Waals surface area (Å²) < 4.78 is 10.3. The van der Waals surface area contributed by atoms with Crippen molar-refractivity contribution in [3.63, 3.8) is 0 Å². The average molecular weight is 507 g/mol. The number of hydrogen-bond acceptors (Lipinski definition) is 7. The number of hydrogen-bond donors (Lipinski definition) is 2. The highest BCUT2D eigenvalue weighted by Gasteiger charge is 2.20. The lowest BCUT2D eigenvalue weighted by atomic mass is 10.3. The Balaban J connectivity index is 0.00000364. The third-order valence-corrected chi connectivity index (χ3v) is 4.94. The monoisotopic (exact) mass is 507 g/mol. The summed E-state index contributed by atoms with van der Waals surface area (Å²) in [6, 6.07) is 1.80.